The number of nitrogens with zero attached hydrogens (tertiary/aromatic N) is 3. The molecule has 0 N–H and O–H groups in total. The number of carbonyl (C=O) groups excluding carboxylic acids is 1. The average Bonchev–Trinajstić information content (AvgIpc) is 3.19. The molecule has 3 heterocycles. The first kappa shape index (κ1) is 26.3. The van der Waals surface area contributed by atoms with Gasteiger partial charge in [-0.25, -0.2) is 13.8 Å². The molecule has 1 saturated heterocycles. The molecule has 2 aromatic carbocycles. The number of likely N-dealkylation sites (tertiary alicyclic amines) is 1. The van der Waals surface area contributed by atoms with Gasteiger partial charge in [0.05, 0.1) is 5.56 Å². The predicted octanol–water partition coefficient (Wildman–Crippen LogP) is 6.74. The maximum Gasteiger partial charge on any atom is 0.416 e. The van der Waals surface area contributed by atoms with Gasteiger partial charge in [-0.05, 0) is 74.0 Å². The zero-order chi connectivity index (χ0) is 27.1. The van der Waals surface area contributed by atoms with Crippen molar-refractivity contribution in [1.29, 1.82) is 0 Å². The lowest BCUT2D eigenvalue weighted by Crippen LogP contribution is -2.46. The summed E-state index contributed by atoms with van der Waals surface area (Å²) in [7, 11) is 0. The van der Waals surface area contributed by atoms with E-state index in [1.807, 2.05) is 0 Å². The lowest BCUT2D eigenvalue weighted by Gasteiger charge is -2.39. The Balaban J connectivity index is 1.37. The van der Waals surface area contributed by atoms with Crippen molar-refractivity contribution in [3.8, 4) is 0 Å². The Bertz CT molecular complexity index is 1400. The summed E-state index contributed by atoms with van der Waals surface area (Å²) in [5, 5.41) is 0.152. The number of benzene rings is 2. The molecule has 38 heavy (non-hydrogen) atoms. The van der Waals surface area contributed by atoms with Crippen LogP contribution in [0.3, 0.4) is 0 Å². The lowest BCUT2D eigenvalue weighted by molar-refractivity contribution is -0.137. The van der Waals surface area contributed by atoms with E-state index < -0.39 is 28.8 Å². The van der Waals surface area contributed by atoms with E-state index in [0.29, 0.717) is 49.3 Å². The predicted molar refractivity (Wildman–Crippen MR) is 135 cm³/mol. The molecular formula is C28H23ClF5N3O. The summed E-state index contributed by atoms with van der Waals surface area (Å²) in [6.45, 7) is 1.91. The second-order valence-electron chi connectivity index (χ2n) is 9.64. The second-order valence-corrected chi connectivity index (χ2v) is 10.0. The van der Waals surface area contributed by atoms with Gasteiger partial charge in [0, 0.05) is 47.6 Å². The normalized spacial score (nSPS) is 17.4. The molecule has 0 aliphatic carbocycles. The van der Waals surface area contributed by atoms with E-state index in [9.17, 15) is 26.7 Å². The van der Waals surface area contributed by atoms with Gasteiger partial charge >= 0.3 is 6.18 Å². The average molecular weight is 548 g/mol. The van der Waals surface area contributed by atoms with Gasteiger partial charge in [0.2, 0.25) is 0 Å². The van der Waals surface area contributed by atoms with Crippen LogP contribution >= 0.6 is 11.6 Å². The first-order chi connectivity index (χ1) is 18.1. The number of rotatable bonds is 4. The minimum absolute atomic E-state index is 0.152. The minimum atomic E-state index is -4.51. The highest BCUT2D eigenvalue weighted by Gasteiger charge is 2.47. The molecule has 3 aromatic rings. The molecule has 1 aromatic heterocycles. The van der Waals surface area contributed by atoms with E-state index in [4.69, 9.17) is 11.6 Å². The number of aromatic nitrogens is 1. The molecule has 0 atom stereocenters. The largest absolute Gasteiger partial charge is 0.416 e. The Kier molecular flexibility index (Phi) is 7.00. The fraction of sp³-hybridized carbons (Fsp3) is 0.286. The summed E-state index contributed by atoms with van der Waals surface area (Å²) in [6.07, 6.45) is 1.36. The zero-order valence-electron chi connectivity index (χ0n) is 20.1. The number of piperidine rings is 1. The van der Waals surface area contributed by atoms with E-state index in [0.717, 1.165) is 12.1 Å². The molecule has 4 nitrogen and oxygen atoms in total. The smallest absolute Gasteiger partial charge is 0.307 e. The number of alkyl halides is 3. The minimum Gasteiger partial charge on any atom is -0.307 e. The molecular weight excluding hydrogens is 525 g/mol. The molecule has 1 amide bonds. The van der Waals surface area contributed by atoms with Crippen LogP contribution in [-0.2, 0) is 11.6 Å². The van der Waals surface area contributed by atoms with Crippen molar-refractivity contribution in [1.82, 2.24) is 9.88 Å². The number of pyridine rings is 1. The highest BCUT2D eigenvalue weighted by Crippen LogP contribution is 2.49. The van der Waals surface area contributed by atoms with Gasteiger partial charge in [0.1, 0.15) is 16.8 Å². The number of halogens is 6. The fourth-order valence-electron chi connectivity index (χ4n) is 5.27. The van der Waals surface area contributed by atoms with Crippen LogP contribution in [0.5, 0.6) is 0 Å². The van der Waals surface area contributed by atoms with Crippen molar-refractivity contribution >= 4 is 29.3 Å². The lowest BCUT2D eigenvalue weighted by atomic mass is 9.74. The van der Waals surface area contributed by atoms with Crippen LogP contribution in [0.25, 0.3) is 6.08 Å². The zero-order valence-corrected chi connectivity index (χ0v) is 20.9. The fourth-order valence-corrected chi connectivity index (χ4v) is 5.45. The highest BCUT2D eigenvalue weighted by atomic mass is 35.5. The van der Waals surface area contributed by atoms with Gasteiger partial charge < -0.3 is 4.90 Å². The van der Waals surface area contributed by atoms with E-state index in [-0.39, 0.29) is 23.2 Å². The highest BCUT2D eigenvalue weighted by molar-refractivity contribution is 6.29. The van der Waals surface area contributed by atoms with Gasteiger partial charge in [-0.1, -0.05) is 23.8 Å². The molecule has 0 radical (unpaired) electrons. The molecule has 198 valence electrons. The van der Waals surface area contributed by atoms with Crippen LogP contribution in [0, 0.1) is 11.6 Å². The van der Waals surface area contributed by atoms with Gasteiger partial charge in [-0.2, -0.15) is 13.2 Å². The van der Waals surface area contributed by atoms with Crippen LogP contribution in [0.4, 0.5) is 27.6 Å². The topological polar surface area (TPSA) is 36.4 Å². The Morgan fingerprint density at radius 2 is 1.82 bits per heavy atom. The number of fused-ring (bicyclic) bond motifs is 2. The van der Waals surface area contributed by atoms with E-state index in [2.05, 4.69) is 9.88 Å². The van der Waals surface area contributed by atoms with Crippen molar-refractivity contribution in [2.45, 2.75) is 24.4 Å². The Morgan fingerprint density at radius 1 is 1.05 bits per heavy atom. The van der Waals surface area contributed by atoms with E-state index >= 15 is 0 Å². The number of amides is 1. The van der Waals surface area contributed by atoms with Crippen molar-refractivity contribution in [3.63, 3.8) is 0 Å². The summed E-state index contributed by atoms with van der Waals surface area (Å²) >= 11 is 5.97. The quantitative estimate of drug-likeness (QED) is 0.268. The van der Waals surface area contributed by atoms with Gasteiger partial charge in [0.15, 0.2) is 0 Å². The van der Waals surface area contributed by atoms with E-state index in [1.165, 1.54) is 47.5 Å². The molecule has 1 spiro atoms. The van der Waals surface area contributed by atoms with Crippen LogP contribution in [0.2, 0.25) is 5.15 Å². The maximum absolute atomic E-state index is 13.9. The van der Waals surface area contributed by atoms with Gasteiger partial charge in [0.25, 0.3) is 5.91 Å². The number of hydrogen-bond acceptors (Lipinski definition) is 3. The summed E-state index contributed by atoms with van der Waals surface area (Å²) in [5.41, 5.74) is 0.189. The third-order valence-electron chi connectivity index (χ3n) is 7.30. The van der Waals surface area contributed by atoms with Crippen molar-refractivity contribution in [2.75, 3.05) is 31.1 Å². The molecule has 1 fully saturated rings. The van der Waals surface area contributed by atoms with Crippen molar-refractivity contribution in [2.24, 2.45) is 0 Å². The third-order valence-corrected chi connectivity index (χ3v) is 7.51. The van der Waals surface area contributed by atoms with Crippen LogP contribution in [-0.4, -0.2) is 42.0 Å². The molecule has 2 aliphatic rings. The van der Waals surface area contributed by atoms with Crippen LogP contribution < -0.4 is 4.90 Å². The molecule has 2 aliphatic heterocycles. The van der Waals surface area contributed by atoms with Crippen LogP contribution in [0.15, 0.2) is 60.8 Å². The molecule has 0 saturated carbocycles. The molecule has 0 unspecified atom stereocenters. The summed E-state index contributed by atoms with van der Waals surface area (Å²) in [4.78, 5) is 20.9. The van der Waals surface area contributed by atoms with Crippen LogP contribution in [0.1, 0.15) is 39.9 Å². The number of anilines is 1. The molecule has 10 heteroatoms. The summed E-state index contributed by atoms with van der Waals surface area (Å²) < 4.78 is 67.8. The Hall–Kier alpha value is -3.30. The maximum atomic E-state index is 13.9. The monoisotopic (exact) mass is 547 g/mol. The second kappa shape index (κ2) is 10.1. The number of carbonyl (C=O) groups is 1. The van der Waals surface area contributed by atoms with E-state index in [1.54, 1.807) is 12.2 Å². The van der Waals surface area contributed by atoms with Crippen molar-refractivity contribution in [3.05, 3.63) is 99.8 Å². The summed E-state index contributed by atoms with van der Waals surface area (Å²) in [5.74, 6) is -1.65. The van der Waals surface area contributed by atoms with Gasteiger partial charge in [-0.3, -0.25) is 9.69 Å². The summed E-state index contributed by atoms with van der Waals surface area (Å²) in [6, 6.07) is 9.90. The SMILES string of the molecule is O=C(c1ccnc(Cl)c1)N1CC2(CCN(C/C=C/c3ccc(F)cc3F)CC2)c2cc(C(F)(F)F)ccc21. The molecule has 5 rings (SSSR count). The first-order valence-corrected chi connectivity index (χ1v) is 12.4. The Labute approximate surface area is 221 Å². The first-order valence-electron chi connectivity index (χ1n) is 12.0. The van der Waals surface area contributed by atoms with Gasteiger partial charge in [-0.15, -0.1) is 0 Å². The van der Waals surface area contributed by atoms with Crippen molar-refractivity contribution < 1.29 is 26.7 Å². The Morgan fingerprint density at radius 3 is 2.50 bits per heavy atom. The molecule has 0 bridgehead atoms. The standard InChI is InChI=1S/C28H23ClF5N3O/c29-25-14-19(7-10-35-25)26(38)37-17-27(22-15-20(28(32,33)34)4-6-24(22)37)8-12-36(13-9-27)11-1-2-18-3-5-21(30)16-23(18)31/h1-7,10,14-16H,8-9,11-13,17H2/b2-1+. The number of hydrogen-bond donors (Lipinski definition) is 0. The third kappa shape index (κ3) is 5.17.